The summed E-state index contributed by atoms with van der Waals surface area (Å²) in [6, 6.07) is 9.53. The van der Waals surface area contributed by atoms with Gasteiger partial charge in [-0.05, 0) is 55.8 Å². The van der Waals surface area contributed by atoms with E-state index in [2.05, 4.69) is 0 Å². The van der Waals surface area contributed by atoms with Gasteiger partial charge in [-0.2, -0.15) is 0 Å². The summed E-state index contributed by atoms with van der Waals surface area (Å²) >= 11 is 18.2. The molecule has 10 heteroatoms. The lowest BCUT2D eigenvalue weighted by Crippen LogP contribution is -2.40. The summed E-state index contributed by atoms with van der Waals surface area (Å²) in [5.74, 6) is -0.156. The zero-order valence-corrected chi connectivity index (χ0v) is 19.2. The molecule has 0 aliphatic heterocycles. The molecule has 0 spiro atoms. The van der Waals surface area contributed by atoms with Gasteiger partial charge in [-0.25, -0.2) is 16.8 Å². The summed E-state index contributed by atoms with van der Waals surface area (Å²) in [5.41, 5.74) is 0.186. The first-order valence-corrected chi connectivity index (χ1v) is 12.8. The van der Waals surface area contributed by atoms with Gasteiger partial charge in [-0.15, -0.1) is 0 Å². The van der Waals surface area contributed by atoms with Crippen LogP contribution in [0.3, 0.4) is 0 Å². The average molecular weight is 485 g/mol. The number of nitrogens with zero attached hydrogens (tertiary/aromatic N) is 1. The molecule has 2 aromatic rings. The van der Waals surface area contributed by atoms with Gasteiger partial charge in [-0.1, -0.05) is 41.7 Å². The Morgan fingerprint density at radius 2 is 1.50 bits per heavy atom. The van der Waals surface area contributed by atoms with Crippen LogP contribution in [0.4, 0.5) is 5.69 Å². The third kappa shape index (κ3) is 5.54. The van der Waals surface area contributed by atoms with E-state index in [1.165, 1.54) is 36.4 Å². The van der Waals surface area contributed by atoms with Gasteiger partial charge in [0.15, 0.2) is 0 Å². The van der Waals surface area contributed by atoms with Gasteiger partial charge in [0, 0.05) is 21.8 Å². The van der Waals surface area contributed by atoms with Crippen molar-refractivity contribution in [2.24, 2.45) is 0 Å². The minimum atomic E-state index is -4.05. The van der Waals surface area contributed by atoms with Crippen LogP contribution in [-0.4, -0.2) is 34.4 Å². The second kappa shape index (κ2) is 9.22. The second-order valence-corrected chi connectivity index (χ2v) is 11.8. The van der Waals surface area contributed by atoms with Crippen LogP contribution in [-0.2, 0) is 19.9 Å². The first-order valence-electron chi connectivity index (χ1n) is 8.43. The first-order chi connectivity index (χ1) is 13.0. The zero-order valence-electron chi connectivity index (χ0n) is 15.3. The van der Waals surface area contributed by atoms with E-state index in [1.54, 1.807) is 19.9 Å². The standard InChI is InChI=1S/C18H20Cl3NO4S2/c1-3-27(23,24)11-10-13(2)22(18-12-15(20)6-9-17(18)21)28(25,26)16-7-4-14(19)5-8-16/h4-9,12-13H,3,10-11H2,1-2H3. The summed E-state index contributed by atoms with van der Waals surface area (Å²) in [6.45, 7) is 3.19. The molecule has 2 rings (SSSR count). The van der Waals surface area contributed by atoms with E-state index in [0.29, 0.717) is 10.0 Å². The Morgan fingerprint density at radius 3 is 2.07 bits per heavy atom. The number of anilines is 1. The molecule has 0 fully saturated rings. The number of halogens is 3. The minimum Gasteiger partial charge on any atom is -0.262 e. The monoisotopic (exact) mass is 483 g/mol. The minimum absolute atomic E-state index is 0.0122. The highest BCUT2D eigenvalue weighted by Gasteiger charge is 2.31. The van der Waals surface area contributed by atoms with Gasteiger partial charge < -0.3 is 0 Å². The highest BCUT2D eigenvalue weighted by Crippen LogP contribution is 2.35. The normalized spacial score (nSPS) is 13.3. The van der Waals surface area contributed by atoms with Gasteiger partial charge in [0.2, 0.25) is 0 Å². The van der Waals surface area contributed by atoms with E-state index >= 15 is 0 Å². The van der Waals surface area contributed by atoms with Crippen LogP contribution in [0.5, 0.6) is 0 Å². The Kier molecular flexibility index (Phi) is 7.67. The Morgan fingerprint density at radius 1 is 0.929 bits per heavy atom. The lowest BCUT2D eigenvalue weighted by molar-refractivity contribution is 0.569. The predicted octanol–water partition coefficient (Wildman–Crippen LogP) is 5.06. The predicted molar refractivity (Wildman–Crippen MR) is 116 cm³/mol. The number of rotatable bonds is 8. The van der Waals surface area contributed by atoms with Crippen molar-refractivity contribution < 1.29 is 16.8 Å². The number of hydrogen-bond donors (Lipinski definition) is 0. The molecule has 0 aromatic heterocycles. The van der Waals surface area contributed by atoms with Crippen LogP contribution in [0.2, 0.25) is 15.1 Å². The number of sulfone groups is 1. The topological polar surface area (TPSA) is 71.5 Å². The lowest BCUT2D eigenvalue weighted by atomic mass is 10.2. The van der Waals surface area contributed by atoms with E-state index in [4.69, 9.17) is 34.8 Å². The summed E-state index contributed by atoms with van der Waals surface area (Å²) in [4.78, 5) is 0.0122. The average Bonchev–Trinajstić information content (AvgIpc) is 2.63. The molecule has 154 valence electrons. The third-order valence-corrected chi connectivity index (χ3v) is 8.69. The molecule has 2 aromatic carbocycles. The van der Waals surface area contributed by atoms with Crippen LogP contribution in [0.15, 0.2) is 47.4 Å². The second-order valence-electron chi connectivity index (χ2n) is 6.22. The van der Waals surface area contributed by atoms with E-state index < -0.39 is 25.9 Å². The molecule has 0 radical (unpaired) electrons. The quantitative estimate of drug-likeness (QED) is 0.525. The maximum absolute atomic E-state index is 13.4. The van der Waals surface area contributed by atoms with Crippen molar-refractivity contribution in [2.75, 3.05) is 15.8 Å². The van der Waals surface area contributed by atoms with Crippen molar-refractivity contribution in [2.45, 2.75) is 31.2 Å². The van der Waals surface area contributed by atoms with Crippen molar-refractivity contribution >= 4 is 60.4 Å². The highest BCUT2D eigenvalue weighted by atomic mass is 35.5. The molecule has 5 nitrogen and oxygen atoms in total. The van der Waals surface area contributed by atoms with Gasteiger partial charge in [0.05, 0.1) is 21.4 Å². The van der Waals surface area contributed by atoms with Gasteiger partial charge >= 0.3 is 0 Å². The largest absolute Gasteiger partial charge is 0.264 e. The maximum Gasteiger partial charge on any atom is 0.264 e. The lowest BCUT2D eigenvalue weighted by Gasteiger charge is -2.31. The van der Waals surface area contributed by atoms with Crippen molar-refractivity contribution in [3.63, 3.8) is 0 Å². The molecule has 0 aliphatic rings. The fraction of sp³-hybridized carbons (Fsp3) is 0.333. The van der Waals surface area contributed by atoms with Gasteiger partial charge in [0.1, 0.15) is 9.84 Å². The Hall–Kier alpha value is -0.990. The molecule has 0 saturated carbocycles. The van der Waals surface area contributed by atoms with Crippen LogP contribution < -0.4 is 4.31 Å². The summed E-state index contributed by atoms with van der Waals surface area (Å²) < 4.78 is 51.7. The summed E-state index contributed by atoms with van der Waals surface area (Å²) in [6.07, 6.45) is 0.103. The molecule has 0 N–H and O–H groups in total. The molecule has 0 amide bonds. The fourth-order valence-electron chi connectivity index (χ4n) is 2.59. The number of hydrogen-bond acceptors (Lipinski definition) is 4. The maximum atomic E-state index is 13.4. The number of sulfonamides is 1. The molecular formula is C18H20Cl3NO4S2. The van der Waals surface area contributed by atoms with E-state index in [-0.39, 0.29) is 33.5 Å². The SMILES string of the molecule is CCS(=O)(=O)CCC(C)N(c1cc(Cl)ccc1Cl)S(=O)(=O)c1ccc(Cl)cc1. The summed E-state index contributed by atoms with van der Waals surface area (Å²) in [7, 11) is -7.31. The van der Waals surface area contributed by atoms with E-state index in [9.17, 15) is 16.8 Å². The first kappa shape index (κ1) is 23.3. The molecular weight excluding hydrogens is 465 g/mol. The zero-order chi connectivity index (χ0) is 21.1. The van der Waals surface area contributed by atoms with Crippen LogP contribution >= 0.6 is 34.8 Å². The Labute approximate surface area is 181 Å². The molecule has 1 atom stereocenters. The third-order valence-electron chi connectivity index (χ3n) is 4.20. The Balaban J connectivity index is 2.55. The van der Waals surface area contributed by atoms with Gasteiger partial charge in [0.25, 0.3) is 10.0 Å². The van der Waals surface area contributed by atoms with E-state index in [0.717, 1.165) is 4.31 Å². The number of benzene rings is 2. The summed E-state index contributed by atoms with van der Waals surface area (Å²) in [5, 5.41) is 0.893. The van der Waals surface area contributed by atoms with Crippen molar-refractivity contribution in [3.8, 4) is 0 Å². The van der Waals surface area contributed by atoms with E-state index in [1.807, 2.05) is 0 Å². The highest BCUT2D eigenvalue weighted by molar-refractivity contribution is 7.93. The van der Waals surface area contributed by atoms with Crippen molar-refractivity contribution in [1.29, 1.82) is 0 Å². The van der Waals surface area contributed by atoms with Crippen LogP contribution in [0.25, 0.3) is 0 Å². The molecule has 28 heavy (non-hydrogen) atoms. The smallest absolute Gasteiger partial charge is 0.262 e. The van der Waals surface area contributed by atoms with Crippen LogP contribution in [0.1, 0.15) is 20.3 Å². The van der Waals surface area contributed by atoms with Gasteiger partial charge in [-0.3, -0.25) is 4.31 Å². The molecule has 0 saturated heterocycles. The molecule has 0 bridgehead atoms. The Bertz CT molecular complexity index is 1040. The molecule has 1 unspecified atom stereocenters. The molecule has 0 aliphatic carbocycles. The van der Waals surface area contributed by atoms with Crippen molar-refractivity contribution in [1.82, 2.24) is 0 Å². The van der Waals surface area contributed by atoms with Crippen molar-refractivity contribution in [3.05, 3.63) is 57.5 Å². The fourth-order valence-corrected chi connectivity index (χ4v) is 5.83. The van der Waals surface area contributed by atoms with Crippen LogP contribution in [0, 0.1) is 0 Å². The molecule has 0 heterocycles.